The number of anilines is 1. The number of aryl methyl sites for hydroxylation is 1. The molecule has 0 bridgehead atoms. The monoisotopic (exact) mass is 376 g/mol. The van der Waals surface area contributed by atoms with Gasteiger partial charge < -0.3 is 15.4 Å². The van der Waals surface area contributed by atoms with E-state index in [4.69, 9.17) is 4.74 Å². The van der Waals surface area contributed by atoms with E-state index in [0.29, 0.717) is 31.0 Å². The lowest BCUT2D eigenvalue weighted by Crippen LogP contribution is -2.26. The van der Waals surface area contributed by atoms with Crippen molar-refractivity contribution in [2.75, 3.05) is 19.0 Å². The molecule has 0 spiro atoms. The summed E-state index contributed by atoms with van der Waals surface area (Å²) in [5.74, 6) is 1.21. The summed E-state index contributed by atoms with van der Waals surface area (Å²) < 4.78 is 5.33. The number of aromatic nitrogens is 2. The Kier molecular flexibility index (Phi) is 6.57. The number of benzene rings is 2. The molecule has 6 nitrogen and oxygen atoms in total. The van der Waals surface area contributed by atoms with Crippen molar-refractivity contribution >= 4 is 11.7 Å². The van der Waals surface area contributed by atoms with E-state index >= 15 is 0 Å². The first-order chi connectivity index (χ1) is 13.7. The zero-order valence-electron chi connectivity index (χ0n) is 16.1. The van der Waals surface area contributed by atoms with E-state index in [-0.39, 0.29) is 5.91 Å². The summed E-state index contributed by atoms with van der Waals surface area (Å²) in [7, 11) is 1.64. The van der Waals surface area contributed by atoms with Gasteiger partial charge in [-0.05, 0) is 36.1 Å². The third-order valence-electron chi connectivity index (χ3n) is 4.49. The smallest absolute Gasteiger partial charge is 0.270 e. The van der Waals surface area contributed by atoms with Gasteiger partial charge >= 0.3 is 0 Å². The van der Waals surface area contributed by atoms with Crippen molar-refractivity contribution in [2.45, 2.75) is 19.9 Å². The third kappa shape index (κ3) is 5.07. The summed E-state index contributed by atoms with van der Waals surface area (Å²) in [5, 5.41) is 6.14. The van der Waals surface area contributed by atoms with Gasteiger partial charge in [0.25, 0.3) is 5.91 Å². The first kappa shape index (κ1) is 19.4. The van der Waals surface area contributed by atoms with E-state index in [0.717, 1.165) is 11.3 Å². The number of nitrogens with one attached hydrogen (secondary N) is 2. The van der Waals surface area contributed by atoms with Gasteiger partial charge in [0.15, 0.2) is 0 Å². The van der Waals surface area contributed by atoms with Crippen molar-refractivity contribution in [3.8, 4) is 5.75 Å². The molecular weight excluding hydrogens is 352 g/mol. The van der Waals surface area contributed by atoms with Crippen LogP contribution < -0.4 is 15.4 Å². The standard InChI is InChI=1S/C22H24N4O2/c1-16-7-3-4-9-18(16)14-24-21-13-19(25-15-26-21)22(27)23-12-11-17-8-5-6-10-20(17)28-2/h3-10,13,15H,11-12,14H2,1-2H3,(H,23,27)(H,24,25,26). The molecule has 6 heteroatoms. The van der Waals surface area contributed by atoms with E-state index in [1.165, 1.54) is 17.5 Å². The number of amides is 1. The minimum absolute atomic E-state index is 0.226. The van der Waals surface area contributed by atoms with Gasteiger partial charge in [0, 0.05) is 19.2 Å². The van der Waals surface area contributed by atoms with E-state index in [1.807, 2.05) is 36.4 Å². The molecule has 1 heterocycles. The van der Waals surface area contributed by atoms with Crippen LogP contribution in [0.3, 0.4) is 0 Å². The molecule has 2 N–H and O–H groups in total. The molecule has 0 saturated carbocycles. The van der Waals surface area contributed by atoms with Gasteiger partial charge in [0.2, 0.25) is 0 Å². The summed E-state index contributed by atoms with van der Waals surface area (Å²) >= 11 is 0. The fourth-order valence-corrected chi connectivity index (χ4v) is 2.88. The Morgan fingerprint density at radius 2 is 1.79 bits per heavy atom. The summed E-state index contributed by atoms with van der Waals surface area (Å²) in [6.07, 6.45) is 2.08. The summed E-state index contributed by atoms with van der Waals surface area (Å²) in [4.78, 5) is 20.7. The molecule has 0 aliphatic rings. The molecule has 0 fully saturated rings. The zero-order valence-corrected chi connectivity index (χ0v) is 16.1. The van der Waals surface area contributed by atoms with Crippen molar-refractivity contribution in [2.24, 2.45) is 0 Å². The minimum atomic E-state index is -0.226. The molecule has 3 rings (SSSR count). The largest absolute Gasteiger partial charge is 0.496 e. The highest BCUT2D eigenvalue weighted by atomic mass is 16.5. The molecular formula is C22H24N4O2. The van der Waals surface area contributed by atoms with Crippen molar-refractivity contribution in [1.29, 1.82) is 0 Å². The van der Waals surface area contributed by atoms with Crippen molar-refractivity contribution < 1.29 is 9.53 Å². The predicted octanol–water partition coefficient (Wildman–Crippen LogP) is 3.38. The van der Waals surface area contributed by atoms with Crippen LogP contribution in [0.1, 0.15) is 27.2 Å². The normalized spacial score (nSPS) is 10.4. The van der Waals surface area contributed by atoms with Gasteiger partial charge in [-0.25, -0.2) is 9.97 Å². The Morgan fingerprint density at radius 3 is 2.57 bits per heavy atom. The minimum Gasteiger partial charge on any atom is -0.496 e. The Morgan fingerprint density at radius 1 is 1.04 bits per heavy atom. The van der Waals surface area contributed by atoms with Crippen LogP contribution in [0.15, 0.2) is 60.9 Å². The Hall–Kier alpha value is -3.41. The highest BCUT2D eigenvalue weighted by Gasteiger charge is 2.09. The zero-order chi connectivity index (χ0) is 19.8. The number of para-hydroxylation sites is 1. The summed E-state index contributed by atoms with van der Waals surface area (Å²) in [6.45, 7) is 3.20. The van der Waals surface area contributed by atoms with E-state index in [1.54, 1.807) is 13.2 Å². The van der Waals surface area contributed by atoms with Gasteiger partial charge in [-0.2, -0.15) is 0 Å². The van der Waals surface area contributed by atoms with Crippen molar-refractivity contribution in [1.82, 2.24) is 15.3 Å². The Bertz CT molecular complexity index is 943. The molecule has 28 heavy (non-hydrogen) atoms. The maximum Gasteiger partial charge on any atom is 0.270 e. The Balaban J connectivity index is 1.55. The first-order valence-electron chi connectivity index (χ1n) is 9.18. The highest BCUT2D eigenvalue weighted by Crippen LogP contribution is 2.17. The molecule has 1 amide bonds. The van der Waals surface area contributed by atoms with Gasteiger partial charge in [0.1, 0.15) is 23.6 Å². The SMILES string of the molecule is COc1ccccc1CCNC(=O)c1cc(NCc2ccccc2C)ncn1. The maximum absolute atomic E-state index is 12.4. The maximum atomic E-state index is 12.4. The number of rotatable bonds is 8. The number of methoxy groups -OCH3 is 1. The third-order valence-corrected chi connectivity index (χ3v) is 4.49. The van der Waals surface area contributed by atoms with Crippen LogP contribution in [-0.4, -0.2) is 29.5 Å². The average Bonchev–Trinajstić information content (AvgIpc) is 2.73. The molecule has 1 aromatic heterocycles. The molecule has 0 saturated heterocycles. The molecule has 3 aromatic rings. The second-order valence-corrected chi connectivity index (χ2v) is 6.39. The fraction of sp³-hybridized carbons (Fsp3) is 0.227. The van der Waals surface area contributed by atoms with Crippen molar-refractivity contribution in [3.05, 3.63) is 83.3 Å². The number of hydrogen-bond donors (Lipinski definition) is 2. The van der Waals surface area contributed by atoms with Crippen LogP contribution in [0.25, 0.3) is 0 Å². The number of nitrogens with zero attached hydrogens (tertiary/aromatic N) is 2. The van der Waals surface area contributed by atoms with Crippen LogP contribution in [0, 0.1) is 6.92 Å². The van der Waals surface area contributed by atoms with Crippen LogP contribution in [0.2, 0.25) is 0 Å². The predicted molar refractivity (Wildman–Crippen MR) is 110 cm³/mol. The number of hydrogen-bond acceptors (Lipinski definition) is 5. The quantitative estimate of drug-likeness (QED) is 0.630. The second-order valence-electron chi connectivity index (χ2n) is 6.39. The average molecular weight is 376 g/mol. The van der Waals surface area contributed by atoms with Crippen LogP contribution in [-0.2, 0) is 13.0 Å². The van der Waals surface area contributed by atoms with E-state index in [9.17, 15) is 4.79 Å². The lowest BCUT2D eigenvalue weighted by molar-refractivity contribution is 0.0949. The molecule has 2 aromatic carbocycles. The molecule has 0 atom stereocenters. The second kappa shape index (κ2) is 9.50. The Labute approximate surface area is 165 Å². The van der Waals surface area contributed by atoms with Gasteiger partial charge in [0.05, 0.1) is 7.11 Å². The van der Waals surface area contributed by atoms with Crippen molar-refractivity contribution in [3.63, 3.8) is 0 Å². The summed E-state index contributed by atoms with van der Waals surface area (Å²) in [5.41, 5.74) is 3.78. The topological polar surface area (TPSA) is 76.1 Å². The van der Waals surface area contributed by atoms with Gasteiger partial charge in [-0.3, -0.25) is 4.79 Å². The van der Waals surface area contributed by atoms with Crippen LogP contribution >= 0.6 is 0 Å². The molecule has 0 unspecified atom stereocenters. The van der Waals surface area contributed by atoms with E-state index < -0.39 is 0 Å². The summed E-state index contributed by atoms with van der Waals surface area (Å²) in [6, 6.07) is 17.6. The molecule has 0 radical (unpaired) electrons. The van der Waals surface area contributed by atoms with Crippen LogP contribution in [0.5, 0.6) is 5.75 Å². The molecule has 144 valence electrons. The van der Waals surface area contributed by atoms with Crippen LogP contribution in [0.4, 0.5) is 5.82 Å². The van der Waals surface area contributed by atoms with E-state index in [2.05, 4.69) is 39.7 Å². The fourth-order valence-electron chi connectivity index (χ4n) is 2.88. The molecule has 0 aliphatic heterocycles. The number of ether oxygens (including phenoxy) is 1. The molecule has 0 aliphatic carbocycles. The van der Waals surface area contributed by atoms with Gasteiger partial charge in [-0.15, -0.1) is 0 Å². The van der Waals surface area contributed by atoms with Gasteiger partial charge in [-0.1, -0.05) is 42.5 Å². The number of carbonyl (C=O) groups excluding carboxylic acids is 1. The number of carbonyl (C=O) groups is 1. The highest BCUT2D eigenvalue weighted by molar-refractivity contribution is 5.92. The lowest BCUT2D eigenvalue weighted by atomic mass is 10.1. The lowest BCUT2D eigenvalue weighted by Gasteiger charge is -2.10. The first-order valence-corrected chi connectivity index (χ1v) is 9.18.